The first-order valence-electron chi connectivity index (χ1n) is 5.98. The van der Waals surface area contributed by atoms with E-state index in [1.54, 1.807) is 0 Å². The maximum atomic E-state index is 5.60. The molecule has 0 unspecified atom stereocenters. The first kappa shape index (κ1) is 13.9. The number of hydrogen-bond donors (Lipinski definition) is 1. The Morgan fingerprint density at radius 3 is 2.53 bits per heavy atom. The zero-order valence-electron chi connectivity index (χ0n) is 11.1. The largest absolute Gasteiger partial charge is 0.325 e. The highest BCUT2D eigenvalue weighted by molar-refractivity contribution is 5.11. The lowest BCUT2D eigenvalue weighted by Gasteiger charge is -2.34. The van der Waals surface area contributed by atoms with E-state index in [0.29, 0.717) is 6.54 Å². The highest BCUT2D eigenvalue weighted by Crippen LogP contribution is 2.16. The predicted octanol–water partition coefficient (Wildman–Crippen LogP) is 2.33. The minimum Gasteiger partial charge on any atom is -0.325 e. The van der Waals surface area contributed by atoms with Crippen molar-refractivity contribution in [3.05, 3.63) is 42.2 Å². The number of aromatic nitrogens is 1. The summed E-state index contributed by atoms with van der Waals surface area (Å²) in [5.41, 5.74) is 7.71. The van der Waals surface area contributed by atoms with Gasteiger partial charge in [-0.25, -0.2) is 0 Å². The summed E-state index contributed by atoms with van der Waals surface area (Å²) in [5, 5.41) is 0. The van der Waals surface area contributed by atoms with Crippen molar-refractivity contribution in [1.82, 2.24) is 9.88 Å². The minimum atomic E-state index is 0.106. The van der Waals surface area contributed by atoms with E-state index < -0.39 is 0 Å². The number of nitrogens with zero attached hydrogens (tertiary/aromatic N) is 2. The van der Waals surface area contributed by atoms with E-state index in [0.717, 1.165) is 24.5 Å². The minimum absolute atomic E-state index is 0.106. The molecule has 0 aliphatic rings. The Kier molecular flexibility index (Phi) is 4.85. The van der Waals surface area contributed by atoms with Crippen LogP contribution < -0.4 is 5.73 Å². The normalized spacial score (nSPS) is 11.8. The molecule has 0 saturated heterocycles. The fourth-order valence-corrected chi connectivity index (χ4v) is 1.66. The number of hydrogen-bond acceptors (Lipinski definition) is 3. The van der Waals surface area contributed by atoms with Crippen LogP contribution in [-0.2, 0) is 13.1 Å². The molecule has 3 heteroatoms. The van der Waals surface area contributed by atoms with Crippen molar-refractivity contribution in [2.75, 3.05) is 6.54 Å². The molecule has 1 aromatic heterocycles. The van der Waals surface area contributed by atoms with Crippen molar-refractivity contribution in [2.24, 2.45) is 5.73 Å². The van der Waals surface area contributed by atoms with Crippen LogP contribution in [0.2, 0.25) is 0 Å². The van der Waals surface area contributed by atoms with Crippen molar-refractivity contribution in [3.8, 4) is 0 Å². The zero-order valence-corrected chi connectivity index (χ0v) is 11.1. The molecule has 0 atom stereocenters. The molecule has 0 aromatic carbocycles. The smallest absolute Gasteiger partial charge is 0.0548 e. The van der Waals surface area contributed by atoms with E-state index in [9.17, 15) is 0 Å². The van der Waals surface area contributed by atoms with Crippen LogP contribution in [0, 0.1) is 0 Å². The van der Waals surface area contributed by atoms with E-state index >= 15 is 0 Å². The van der Waals surface area contributed by atoms with Crippen LogP contribution in [0.1, 0.15) is 32.2 Å². The molecule has 0 radical (unpaired) electrons. The van der Waals surface area contributed by atoms with Crippen LogP contribution in [0.3, 0.4) is 0 Å². The second kappa shape index (κ2) is 5.94. The Bertz CT molecular complexity index is 366. The second-order valence-corrected chi connectivity index (χ2v) is 5.16. The van der Waals surface area contributed by atoms with Gasteiger partial charge in [0.1, 0.15) is 0 Å². The molecule has 1 heterocycles. The Labute approximate surface area is 104 Å². The van der Waals surface area contributed by atoms with Gasteiger partial charge >= 0.3 is 0 Å². The fraction of sp³-hybridized carbons (Fsp3) is 0.500. The predicted molar refractivity (Wildman–Crippen MR) is 72.5 cm³/mol. The lowest BCUT2D eigenvalue weighted by Crippen LogP contribution is -2.41. The van der Waals surface area contributed by atoms with Gasteiger partial charge in [0.05, 0.1) is 11.4 Å². The summed E-state index contributed by atoms with van der Waals surface area (Å²) < 4.78 is 0. The van der Waals surface area contributed by atoms with Gasteiger partial charge in [-0.1, -0.05) is 12.1 Å². The molecule has 0 aliphatic carbocycles. The average Bonchev–Trinajstić information content (AvgIpc) is 2.27. The van der Waals surface area contributed by atoms with Gasteiger partial charge in [-0.2, -0.15) is 0 Å². The molecule has 1 rings (SSSR count). The molecule has 0 saturated carbocycles. The maximum Gasteiger partial charge on any atom is 0.0548 e. The number of pyridine rings is 1. The highest BCUT2D eigenvalue weighted by atomic mass is 15.2. The molecular formula is C14H23N3. The van der Waals surface area contributed by atoms with Crippen molar-refractivity contribution in [2.45, 2.75) is 39.4 Å². The SMILES string of the molecule is C=CCN(Cc1cccc(CN)n1)C(C)(C)C. The van der Waals surface area contributed by atoms with Gasteiger partial charge in [-0.3, -0.25) is 9.88 Å². The summed E-state index contributed by atoms with van der Waals surface area (Å²) in [6, 6.07) is 6.01. The molecule has 1 aromatic rings. The number of rotatable bonds is 5. The molecule has 0 fully saturated rings. The van der Waals surface area contributed by atoms with Crippen LogP contribution >= 0.6 is 0 Å². The first-order valence-corrected chi connectivity index (χ1v) is 5.98. The van der Waals surface area contributed by atoms with Crippen LogP contribution in [0.4, 0.5) is 0 Å². The molecule has 0 bridgehead atoms. The van der Waals surface area contributed by atoms with Crippen molar-refractivity contribution in [3.63, 3.8) is 0 Å². The van der Waals surface area contributed by atoms with Crippen LogP contribution in [0.5, 0.6) is 0 Å². The second-order valence-electron chi connectivity index (χ2n) is 5.16. The molecule has 0 amide bonds. The topological polar surface area (TPSA) is 42.1 Å². The first-order chi connectivity index (χ1) is 7.97. The maximum absolute atomic E-state index is 5.60. The summed E-state index contributed by atoms with van der Waals surface area (Å²) in [4.78, 5) is 6.86. The standard InChI is InChI=1S/C14H23N3/c1-5-9-17(14(2,3)4)11-13-8-6-7-12(10-15)16-13/h5-8H,1,9-11,15H2,2-4H3. The quantitative estimate of drug-likeness (QED) is 0.794. The average molecular weight is 233 g/mol. The van der Waals surface area contributed by atoms with Crippen LogP contribution in [0.25, 0.3) is 0 Å². The lowest BCUT2D eigenvalue weighted by atomic mass is 10.1. The summed E-state index contributed by atoms with van der Waals surface area (Å²) in [6.07, 6.45) is 1.93. The van der Waals surface area contributed by atoms with Gasteiger partial charge in [-0.15, -0.1) is 6.58 Å². The molecule has 0 spiro atoms. The fourth-order valence-electron chi connectivity index (χ4n) is 1.66. The Balaban J connectivity index is 2.81. The monoisotopic (exact) mass is 233 g/mol. The molecule has 17 heavy (non-hydrogen) atoms. The van der Waals surface area contributed by atoms with Gasteiger partial charge in [0, 0.05) is 25.2 Å². The summed E-state index contributed by atoms with van der Waals surface area (Å²) in [6.45, 7) is 12.6. The third-order valence-electron chi connectivity index (χ3n) is 2.72. The van der Waals surface area contributed by atoms with Gasteiger partial charge in [0.15, 0.2) is 0 Å². The van der Waals surface area contributed by atoms with Crippen LogP contribution in [-0.4, -0.2) is 22.0 Å². The summed E-state index contributed by atoms with van der Waals surface area (Å²) in [7, 11) is 0. The van der Waals surface area contributed by atoms with Gasteiger partial charge < -0.3 is 5.73 Å². The number of nitrogens with two attached hydrogens (primary N) is 1. The van der Waals surface area contributed by atoms with E-state index in [1.807, 2.05) is 24.3 Å². The van der Waals surface area contributed by atoms with E-state index in [2.05, 4.69) is 37.2 Å². The summed E-state index contributed by atoms with van der Waals surface area (Å²) >= 11 is 0. The Hall–Kier alpha value is -1.19. The van der Waals surface area contributed by atoms with Crippen molar-refractivity contribution >= 4 is 0 Å². The van der Waals surface area contributed by atoms with Gasteiger partial charge in [0.25, 0.3) is 0 Å². The van der Waals surface area contributed by atoms with Crippen molar-refractivity contribution in [1.29, 1.82) is 0 Å². The Morgan fingerprint density at radius 2 is 2.00 bits per heavy atom. The lowest BCUT2D eigenvalue weighted by molar-refractivity contribution is 0.143. The highest BCUT2D eigenvalue weighted by Gasteiger charge is 2.20. The zero-order chi connectivity index (χ0) is 12.9. The van der Waals surface area contributed by atoms with E-state index in [4.69, 9.17) is 5.73 Å². The molecule has 3 nitrogen and oxygen atoms in total. The summed E-state index contributed by atoms with van der Waals surface area (Å²) in [5.74, 6) is 0. The third-order valence-corrected chi connectivity index (χ3v) is 2.72. The third kappa shape index (κ3) is 4.29. The molecule has 2 N–H and O–H groups in total. The van der Waals surface area contributed by atoms with Gasteiger partial charge in [-0.05, 0) is 32.9 Å². The van der Waals surface area contributed by atoms with Crippen molar-refractivity contribution < 1.29 is 0 Å². The van der Waals surface area contributed by atoms with Gasteiger partial charge in [0.2, 0.25) is 0 Å². The van der Waals surface area contributed by atoms with Crippen LogP contribution in [0.15, 0.2) is 30.9 Å². The van der Waals surface area contributed by atoms with E-state index in [1.165, 1.54) is 0 Å². The molecule has 94 valence electrons. The molecule has 0 aliphatic heterocycles. The van der Waals surface area contributed by atoms with E-state index in [-0.39, 0.29) is 5.54 Å². The Morgan fingerprint density at radius 1 is 1.35 bits per heavy atom. The molecular weight excluding hydrogens is 210 g/mol.